The Bertz CT molecular complexity index is 773. The van der Waals surface area contributed by atoms with Gasteiger partial charge in [-0.05, 0) is 0 Å². The van der Waals surface area contributed by atoms with Crippen molar-refractivity contribution in [1.29, 1.82) is 0 Å². The van der Waals surface area contributed by atoms with Gasteiger partial charge in [-0.1, -0.05) is 0 Å². The van der Waals surface area contributed by atoms with Crippen LogP contribution in [0.2, 0.25) is 0 Å². The summed E-state index contributed by atoms with van der Waals surface area (Å²) in [7, 11) is 0. The molecule has 0 aliphatic heterocycles. The number of carbonyl (C=O) groups excluding carboxylic acids is 2. The van der Waals surface area contributed by atoms with Crippen molar-refractivity contribution in [1.82, 2.24) is 0 Å². The van der Waals surface area contributed by atoms with E-state index in [0.29, 0.717) is 0 Å². The van der Waals surface area contributed by atoms with E-state index in [-0.39, 0.29) is 31.3 Å². The van der Waals surface area contributed by atoms with Gasteiger partial charge in [0, 0.05) is 0 Å². The van der Waals surface area contributed by atoms with Crippen LogP contribution in [0.15, 0.2) is 59.1 Å². The molecule has 0 bridgehead atoms. The first-order chi connectivity index (χ1) is 11.1. The molecule has 0 aromatic heterocycles. The van der Waals surface area contributed by atoms with Crippen molar-refractivity contribution < 1.29 is 9.59 Å². The van der Waals surface area contributed by atoms with Crippen LogP contribution < -0.4 is 0 Å². The van der Waals surface area contributed by atoms with Crippen LogP contribution in [0.1, 0.15) is 34.8 Å². The van der Waals surface area contributed by atoms with Gasteiger partial charge in [0.2, 0.25) is 0 Å². The maximum atomic E-state index is 12.6. The SMILES string of the molecule is CC(=O)C1CC(c2ccccc2)=C1[Se]C(=O)c1ccc(C)cc1. The molecule has 23 heavy (non-hydrogen) atoms. The predicted octanol–water partition coefficient (Wildman–Crippen LogP) is 3.86. The zero-order chi connectivity index (χ0) is 16.4. The number of hydrogen-bond donors (Lipinski definition) is 0. The van der Waals surface area contributed by atoms with Crippen LogP contribution >= 0.6 is 0 Å². The molecular weight excluding hydrogens is 351 g/mol. The Balaban J connectivity index is 1.89. The van der Waals surface area contributed by atoms with Crippen LogP contribution in [0.3, 0.4) is 0 Å². The summed E-state index contributed by atoms with van der Waals surface area (Å²) in [6, 6.07) is 17.8. The third-order valence-corrected chi connectivity index (χ3v) is 6.58. The van der Waals surface area contributed by atoms with Crippen LogP contribution in [-0.2, 0) is 4.79 Å². The van der Waals surface area contributed by atoms with E-state index in [4.69, 9.17) is 0 Å². The second-order valence-corrected chi connectivity index (χ2v) is 7.96. The Morgan fingerprint density at radius 2 is 1.65 bits per heavy atom. The summed E-state index contributed by atoms with van der Waals surface area (Å²) in [5.41, 5.74) is 4.21. The van der Waals surface area contributed by atoms with Crippen LogP contribution in [0, 0.1) is 12.8 Å². The number of hydrogen-bond acceptors (Lipinski definition) is 2. The van der Waals surface area contributed by atoms with Gasteiger partial charge >= 0.3 is 143 Å². The number of carbonyl (C=O) groups is 2. The first kappa shape index (κ1) is 15.9. The molecule has 3 rings (SSSR count). The number of aryl methyl sites for hydroxylation is 1. The fraction of sp³-hybridized carbons (Fsp3) is 0.200. The Hall–Kier alpha value is -1.96. The molecule has 2 nitrogen and oxygen atoms in total. The number of allylic oxidation sites excluding steroid dienone is 2. The fourth-order valence-electron chi connectivity index (χ4n) is 2.69. The van der Waals surface area contributed by atoms with E-state index >= 15 is 0 Å². The Morgan fingerprint density at radius 1 is 1.00 bits per heavy atom. The van der Waals surface area contributed by atoms with Gasteiger partial charge in [-0.3, -0.25) is 0 Å². The van der Waals surface area contributed by atoms with Gasteiger partial charge in [-0.25, -0.2) is 0 Å². The normalized spacial score (nSPS) is 16.9. The predicted molar refractivity (Wildman–Crippen MR) is 93.4 cm³/mol. The van der Waals surface area contributed by atoms with Crippen LogP contribution in [0.5, 0.6) is 0 Å². The molecule has 0 fully saturated rings. The van der Waals surface area contributed by atoms with E-state index < -0.39 is 0 Å². The van der Waals surface area contributed by atoms with Gasteiger partial charge in [0.1, 0.15) is 0 Å². The summed E-state index contributed by atoms with van der Waals surface area (Å²) in [4.78, 5) is 24.4. The minimum absolute atomic E-state index is 0.0698. The van der Waals surface area contributed by atoms with Crippen LogP contribution in [0.25, 0.3) is 5.57 Å². The van der Waals surface area contributed by atoms with E-state index in [2.05, 4.69) is 12.1 Å². The molecule has 1 aliphatic rings. The van der Waals surface area contributed by atoms with Crippen molar-refractivity contribution in [3.63, 3.8) is 0 Å². The maximum absolute atomic E-state index is 12.6. The van der Waals surface area contributed by atoms with Crippen molar-refractivity contribution in [2.75, 3.05) is 0 Å². The summed E-state index contributed by atoms with van der Waals surface area (Å²) in [5, 5.41) is 0. The fourth-order valence-corrected chi connectivity index (χ4v) is 5.14. The molecule has 0 amide bonds. The molecule has 0 saturated heterocycles. The molecule has 1 unspecified atom stereocenters. The zero-order valence-corrected chi connectivity index (χ0v) is 14.9. The van der Waals surface area contributed by atoms with Crippen LogP contribution in [-0.4, -0.2) is 25.4 Å². The van der Waals surface area contributed by atoms with Gasteiger partial charge in [-0.2, -0.15) is 0 Å². The summed E-state index contributed by atoms with van der Waals surface area (Å²) in [6.07, 6.45) is 0.762. The second kappa shape index (κ2) is 6.65. The van der Waals surface area contributed by atoms with Gasteiger partial charge in [0.05, 0.1) is 0 Å². The minimum atomic E-state index is -0.324. The van der Waals surface area contributed by atoms with Crippen molar-refractivity contribution in [2.45, 2.75) is 20.3 Å². The summed E-state index contributed by atoms with van der Waals surface area (Å²) in [5.74, 6) is 0.0952. The number of ketones is 1. The standard InChI is InChI=1S/C20H18O2Se/c1-13-8-10-16(11-9-13)20(22)23-19-17(14(2)21)12-18(19)15-6-4-3-5-7-15/h3-11,17H,12H2,1-2H3. The van der Waals surface area contributed by atoms with Gasteiger partial charge < -0.3 is 0 Å². The summed E-state index contributed by atoms with van der Waals surface area (Å²) < 4.78 is 1.20. The molecule has 2 aromatic carbocycles. The average molecular weight is 369 g/mol. The van der Waals surface area contributed by atoms with Crippen LogP contribution in [0.4, 0.5) is 0 Å². The average Bonchev–Trinajstić information content (AvgIpc) is 2.53. The zero-order valence-electron chi connectivity index (χ0n) is 13.2. The third kappa shape index (κ3) is 3.36. The molecule has 3 heteroatoms. The first-order valence-electron chi connectivity index (χ1n) is 7.64. The molecule has 1 atom stereocenters. The third-order valence-electron chi connectivity index (χ3n) is 4.13. The van der Waals surface area contributed by atoms with Gasteiger partial charge in [-0.15, -0.1) is 0 Å². The number of rotatable bonds is 5. The molecule has 0 heterocycles. The van der Waals surface area contributed by atoms with Gasteiger partial charge in [0.25, 0.3) is 0 Å². The first-order valence-corrected chi connectivity index (χ1v) is 9.35. The molecule has 0 N–H and O–H groups in total. The van der Waals surface area contributed by atoms with Crippen molar-refractivity contribution in [3.05, 3.63) is 75.8 Å². The second-order valence-electron chi connectivity index (χ2n) is 5.83. The van der Waals surface area contributed by atoms with Crippen molar-refractivity contribution >= 4 is 31.0 Å². The molecule has 1 aliphatic carbocycles. The Labute approximate surface area is 142 Å². The number of benzene rings is 2. The molecule has 0 spiro atoms. The monoisotopic (exact) mass is 370 g/mol. The Kier molecular flexibility index (Phi) is 4.61. The van der Waals surface area contributed by atoms with E-state index in [1.807, 2.05) is 49.4 Å². The van der Waals surface area contributed by atoms with Crippen molar-refractivity contribution in [2.24, 2.45) is 5.92 Å². The van der Waals surface area contributed by atoms with Crippen molar-refractivity contribution in [3.8, 4) is 0 Å². The summed E-state index contributed by atoms with van der Waals surface area (Å²) >= 11 is -0.324. The van der Waals surface area contributed by atoms with E-state index in [1.165, 1.54) is 5.57 Å². The molecule has 0 radical (unpaired) electrons. The topological polar surface area (TPSA) is 34.1 Å². The quantitative estimate of drug-likeness (QED) is 0.750. The van der Waals surface area contributed by atoms with E-state index in [1.54, 1.807) is 6.92 Å². The Morgan fingerprint density at radius 3 is 2.26 bits per heavy atom. The van der Waals surface area contributed by atoms with E-state index in [0.717, 1.165) is 27.6 Å². The summed E-state index contributed by atoms with van der Waals surface area (Å²) in [6.45, 7) is 3.63. The molecular formula is C20H18O2Se. The number of Topliss-reactive ketones (excluding diaryl/α,β-unsaturated/α-hetero) is 1. The molecule has 2 aromatic rings. The van der Waals surface area contributed by atoms with E-state index in [9.17, 15) is 9.59 Å². The molecule has 0 saturated carbocycles. The molecule has 116 valence electrons. The van der Waals surface area contributed by atoms with Gasteiger partial charge in [0.15, 0.2) is 0 Å².